The maximum atomic E-state index is 12.6. The van der Waals surface area contributed by atoms with Crippen molar-refractivity contribution >= 4 is 17.5 Å². The molecule has 0 spiro atoms. The number of hydrogen-bond acceptors (Lipinski definition) is 5. The molecule has 7 heteroatoms. The van der Waals surface area contributed by atoms with Gasteiger partial charge in [-0.1, -0.05) is 24.3 Å². The highest BCUT2D eigenvalue weighted by Crippen LogP contribution is 2.36. The van der Waals surface area contributed by atoms with E-state index in [1.807, 2.05) is 49.4 Å². The fourth-order valence-electron chi connectivity index (χ4n) is 4.05. The van der Waals surface area contributed by atoms with E-state index in [1.54, 1.807) is 12.0 Å². The zero-order valence-corrected chi connectivity index (χ0v) is 17.9. The number of rotatable bonds is 7. The number of para-hydroxylation sites is 1. The second kappa shape index (κ2) is 9.39. The van der Waals surface area contributed by atoms with Crippen LogP contribution >= 0.6 is 0 Å². The van der Waals surface area contributed by atoms with Crippen LogP contribution in [-0.4, -0.2) is 56.2 Å². The fraction of sp³-hybridized carbons (Fsp3) is 0.417. The molecule has 2 aliphatic heterocycles. The molecule has 2 heterocycles. The number of anilines is 1. The Balaban J connectivity index is 1.41. The standard InChI is InChI=1S/C24H28N2O5/c1-16-5-3-4-6-20(16)25-23(27)14-26-13-18(12-24(26)28)17-7-8-21(29-2)22(11-17)31-19-9-10-30-15-19/h3-8,11,18-19H,9-10,12-15H2,1-2H3,(H,25,27)/t18?,19-/m1/s1. The molecular weight excluding hydrogens is 396 g/mol. The first-order valence-electron chi connectivity index (χ1n) is 10.6. The van der Waals surface area contributed by atoms with Gasteiger partial charge in [0.2, 0.25) is 11.8 Å². The van der Waals surface area contributed by atoms with Crippen LogP contribution in [0.1, 0.15) is 29.9 Å². The van der Waals surface area contributed by atoms with Crippen molar-refractivity contribution in [3.05, 3.63) is 53.6 Å². The van der Waals surface area contributed by atoms with Crippen molar-refractivity contribution in [3.8, 4) is 11.5 Å². The van der Waals surface area contributed by atoms with Crippen molar-refractivity contribution in [2.45, 2.75) is 31.8 Å². The first-order chi connectivity index (χ1) is 15.0. The van der Waals surface area contributed by atoms with Gasteiger partial charge in [-0.05, 0) is 36.2 Å². The highest BCUT2D eigenvalue weighted by molar-refractivity contribution is 5.95. The van der Waals surface area contributed by atoms with Crippen LogP contribution in [0.2, 0.25) is 0 Å². The predicted octanol–water partition coefficient (Wildman–Crippen LogP) is 3.13. The molecule has 0 saturated carbocycles. The maximum absolute atomic E-state index is 12.6. The third-order valence-corrected chi connectivity index (χ3v) is 5.81. The summed E-state index contributed by atoms with van der Waals surface area (Å²) >= 11 is 0. The van der Waals surface area contributed by atoms with E-state index in [2.05, 4.69) is 5.32 Å². The minimum Gasteiger partial charge on any atom is -0.493 e. The third kappa shape index (κ3) is 4.99. The van der Waals surface area contributed by atoms with E-state index in [4.69, 9.17) is 14.2 Å². The van der Waals surface area contributed by atoms with Gasteiger partial charge in [0.25, 0.3) is 0 Å². The lowest BCUT2D eigenvalue weighted by Crippen LogP contribution is -2.34. The van der Waals surface area contributed by atoms with Crippen LogP contribution in [0.15, 0.2) is 42.5 Å². The van der Waals surface area contributed by atoms with Crippen molar-refractivity contribution in [3.63, 3.8) is 0 Å². The Bertz CT molecular complexity index is 955. The highest BCUT2D eigenvalue weighted by atomic mass is 16.6. The van der Waals surface area contributed by atoms with E-state index >= 15 is 0 Å². The minimum atomic E-state index is -0.191. The Morgan fingerprint density at radius 2 is 2.06 bits per heavy atom. The number of aryl methyl sites for hydroxylation is 1. The zero-order valence-electron chi connectivity index (χ0n) is 17.9. The van der Waals surface area contributed by atoms with Crippen LogP contribution in [0.3, 0.4) is 0 Å². The van der Waals surface area contributed by atoms with Crippen molar-refractivity contribution < 1.29 is 23.8 Å². The van der Waals surface area contributed by atoms with Gasteiger partial charge in [0.05, 0.1) is 26.9 Å². The van der Waals surface area contributed by atoms with Crippen LogP contribution < -0.4 is 14.8 Å². The van der Waals surface area contributed by atoms with Gasteiger partial charge in [0.1, 0.15) is 6.10 Å². The highest BCUT2D eigenvalue weighted by Gasteiger charge is 2.32. The first kappa shape index (κ1) is 21.2. The zero-order chi connectivity index (χ0) is 21.8. The molecular formula is C24H28N2O5. The van der Waals surface area contributed by atoms with Gasteiger partial charge in [-0.25, -0.2) is 0 Å². The summed E-state index contributed by atoms with van der Waals surface area (Å²) in [5.41, 5.74) is 2.76. The van der Waals surface area contributed by atoms with Gasteiger partial charge in [0, 0.05) is 31.0 Å². The molecule has 2 aliphatic rings. The molecule has 0 radical (unpaired) electrons. The number of nitrogens with one attached hydrogen (secondary N) is 1. The molecule has 164 valence electrons. The summed E-state index contributed by atoms with van der Waals surface area (Å²) in [5.74, 6) is 1.12. The van der Waals surface area contributed by atoms with E-state index < -0.39 is 0 Å². The van der Waals surface area contributed by atoms with Gasteiger partial charge < -0.3 is 24.4 Å². The minimum absolute atomic E-state index is 0.00634. The summed E-state index contributed by atoms with van der Waals surface area (Å²) in [6.45, 7) is 3.75. The van der Waals surface area contributed by atoms with E-state index in [-0.39, 0.29) is 30.4 Å². The lowest BCUT2D eigenvalue weighted by Gasteiger charge is -2.19. The van der Waals surface area contributed by atoms with Crippen molar-refractivity contribution in [1.29, 1.82) is 0 Å². The molecule has 4 rings (SSSR count). The molecule has 1 unspecified atom stereocenters. The smallest absolute Gasteiger partial charge is 0.244 e. The number of methoxy groups -OCH3 is 1. The maximum Gasteiger partial charge on any atom is 0.244 e. The normalized spacial score (nSPS) is 20.7. The van der Waals surface area contributed by atoms with Crippen LogP contribution in [-0.2, 0) is 14.3 Å². The van der Waals surface area contributed by atoms with Gasteiger partial charge >= 0.3 is 0 Å². The molecule has 31 heavy (non-hydrogen) atoms. The average molecular weight is 424 g/mol. The first-order valence-corrected chi connectivity index (χ1v) is 10.6. The summed E-state index contributed by atoms with van der Waals surface area (Å²) in [7, 11) is 1.61. The number of carbonyl (C=O) groups is 2. The van der Waals surface area contributed by atoms with Crippen LogP contribution in [0.4, 0.5) is 5.69 Å². The Kier molecular flexibility index (Phi) is 6.42. The van der Waals surface area contributed by atoms with Gasteiger partial charge in [-0.3, -0.25) is 9.59 Å². The van der Waals surface area contributed by atoms with Crippen molar-refractivity contribution in [1.82, 2.24) is 4.90 Å². The predicted molar refractivity (Wildman–Crippen MR) is 117 cm³/mol. The second-order valence-electron chi connectivity index (χ2n) is 8.05. The molecule has 2 atom stereocenters. The quantitative estimate of drug-likeness (QED) is 0.739. The van der Waals surface area contributed by atoms with Gasteiger partial charge in [-0.2, -0.15) is 0 Å². The van der Waals surface area contributed by atoms with Crippen LogP contribution in [0, 0.1) is 6.92 Å². The number of ether oxygens (including phenoxy) is 3. The molecule has 2 saturated heterocycles. The Morgan fingerprint density at radius 1 is 1.23 bits per heavy atom. The third-order valence-electron chi connectivity index (χ3n) is 5.81. The van der Waals surface area contributed by atoms with Crippen LogP contribution in [0.5, 0.6) is 11.5 Å². The van der Waals surface area contributed by atoms with Gasteiger partial charge in [-0.15, -0.1) is 0 Å². The SMILES string of the molecule is COc1ccc(C2CC(=O)N(CC(=O)Nc3ccccc3C)C2)cc1O[C@@H]1CCOC1. The molecule has 7 nitrogen and oxygen atoms in total. The Labute approximate surface area is 182 Å². The topological polar surface area (TPSA) is 77.1 Å². The van der Waals surface area contributed by atoms with E-state index in [0.717, 1.165) is 23.2 Å². The van der Waals surface area contributed by atoms with Crippen molar-refractivity contribution in [2.75, 3.05) is 38.7 Å². The molecule has 2 aromatic rings. The second-order valence-corrected chi connectivity index (χ2v) is 8.05. The molecule has 2 amide bonds. The van der Waals surface area contributed by atoms with Gasteiger partial charge in [0.15, 0.2) is 11.5 Å². The molecule has 2 fully saturated rings. The Morgan fingerprint density at radius 3 is 2.81 bits per heavy atom. The lowest BCUT2D eigenvalue weighted by molar-refractivity contribution is -0.131. The summed E-state index contributed by atoms with van der Waals surface area (Å²) in [6.07, 6.45) is 1.23. The molecule has 0 aromatic heterocycles. The number of carbonyl (C=O) groups excluding carboxylic acids is 2. The van der Waals surface area contributed by atoms with E-state index in [0.29, 0.717) is 37.7 Å². The van der Waals surface area contributed by atoms with Crippen molar-refractivity contribution in [2.24, 2.45) is 0 Å². The molecule has 1 N–H and O–H groups in total. The largest absolute Gasteiger partial charge is 0.493 e. The Hall–Kier alpha value is -3.06. The summed E-state index contributed by atoms with van der Waals surface area (Å²) in [5, 5.41) is 2.90. The summed E-state index contributed by atoms with van der Waals surface area (Å²) < 4.78 is 16.9. The fourth-order valence-corrected chi connectivity index (χ4v) is 4.05. The van der Waals surface area contributed by atoms with E-state index in [1.165, 1.54) is 0 Å². The number of nitrogens with zero attached hydrogens (tertiary/aromatic N) is 1. The van der Waals surface area contributed by atoms with E-state index in [9.17, 15) is 9.59 Å². The number of benzene rings is 2. The number of likely N-dealkylation sites (tertiary alicyclic amines) is 1. The number of hydrogen-bond donors (Lipinski definition) is 1. The average Bonchev–Trinajstić information content (AvgIpc) is 3.40. The summed E-state index contributed by atoms with van der Waals surface area (Å²) in [6, 6.07) is 13.4. The monoisotopic (exact) mass is 424 g/mol. The summed E-state index contributed by atoms with van der Waals surface area (Å²) in [4.78, 5) is 26.7. The molecule has 2 aromatic carbocycles. The number of amides is 2. The molecule has 0 aliphatic carbocycles. The molecule has 0 bridgehead atoms. The lowest BCUT2D eigenvalue weighted by atomic mass is 9.98. The van der Waals surface area contributed by atoms with Crippen LogP contribution in [0.25, 0.3) is 0 Å².